The lowest BCUT2D eigenvalue weighted by molar-refractivity contribution is -0.146. The van der Waals surface area contributed by atoms with Crippen LogP contribution in [0.2, 0.25) is 0 Å². The summed E-state index contributed by atoms with van der Waals surface area (Å²) in [6, 6.07) is 1.90. The first-order valence-corrected chi connectivity index (χ1v) is 9.94. The van der Waals surface area contributed by atoms with Gasteiger partial charge in [-0.3, -0.25) is 4.79 Å². The van der Waals surface area contributed by atoms with E-state index in [-0.39, 0.29) is 5.97 Å². The fraction of sp³-hybridized carbons (Fsp3) is 0.810. The van der Waals surface area contributed by atoms with Crippen LogP contribution in [0.25, 0.3) is 0 Å². The van der Waals surface area contributed by atoms with Gasteiger partial charge in [0.2, 0.25) is 0 Å². The molecule has 3 nitrogen and oxygen atoms in total. The monoisotopic (exact) mass is 335 g/mol. The van der Waals surface area contributed by atoms with E-state index in [9.17, 15) is 4.79 Å². The fourth-order valence-corrected chi connectivity index (χ4v) is 2.62. The minimum Gasteiger partial charge on any atom is -0.447 e. The van der Waals surface area contributed by atoms with Crippen LogP contribution in [0.3, 0.4) is 0 Å². The number of carbonyl (C=O) groups excluding carboxylic acids is 1. The summed E-state index contributed by atoms with van der Waals surface area (Å²) in [6.45, 7) is 3.85. The van der Waals surface area contributed by atoms with Crippen molar-refractivity contribution in [2.75, 3.05) is 0 Å². The minimum absolute atomic E-state index is 0.248. The van der Waals surface area contributed by atoms with Crippen LogP contribution < -0.4 is 0 Å². The topological polar surface area (TPSA) is 50.1 Å². The first-order valence-electron chi connectivity index (χ1n) is 9.94. The number of esters is 1. The predicted molar refractivity (Wildman–Crippen MR) is 101 cm³/mol. The Labute approximate surface area is 149 Å². The van der Waals surface area contributed by atoms with Gasteiger partial charge in [0.15, 0.2) is 6.10 Å². The van der Waals surface area contributed by atoms with Gasteiger partial charge < -0.3 is 4.74 Å². The second-order valence-electron chi connectivity index (χ2n) is 6.60. The summed E-state index contributed by atoms with van der Waals surface area (Å²) >= 11 is 0. The van der Waals surface area contributed by atoms with Crippen LogP contribution in [0, 0.1) is 11.3 Å². The zero-order valence-corrected chi connectivity index (χ0v) is 15.9. The van der Waals surface area contributed by atoms with E-state index in [2.05, 4.69) is 19.1 Å². The molecule has 24 heavy (non-hydrogen) atoms. The Morgan fingerprint density at radius 2 is 1.42 bits per heavy atom. The third-order valence-corrected chi connectivity index (χ3v) is 4.13. The van der Waals surface area contributed by atoms with Crippen LogP contribution in [0.5, 0.6) is 0 Å². The van der Waals surface area contributed by atoms with E-state index in [1.54, 1.807) is 6.92 Å². The molecular formula is C21H37NO2. The van der Waals surface area contributed by atoms with Gasteiger partial charge in [-0.15, -0.1) is 0 Å². The van der Waals surface area contributed by atoms with E-state index in [1.165, 1.54) is 70.6 Å². The molecule has 0 amide bonds. The van der Waals surface area contributed by atoms with Crippen molar-refractivity contribution in [1.82, 2.24) is 0 Å². The van der Waals surface area contributed by atoms with E-state index in [0.717, 1.165) is 12.8 Å². The number of carbonyl (C=O) groups is 1. The molecular weight excluding hydrogens is 298 g/mol. The lowest BCUT2D eigenvalue weighted by Gasteiger charge is -2.05. The number of ether oxygens (including phenoxy) is 1. The molecule has 0 saturated carbocycles. The molecule has 1 atom stereocenters. The van der Waals surface area contributed by atoms with E-state index >= 15 is 0 Å². The summed E-state index contributed by atoms with van der Waals surface area (Å²) in [7, 11) is 0. The lowest BCUT2D eigenvalue weighted by Crippen LogP contribution is -2.12. The highest BCUT2D eigenvalue weighted by atomic mass is 16.5. The number of hydrogen-bond donors (Lipinski definition) is 0. The molecule has 0 saturated heterocycles. The molecule has 0 spiro atoms. The molecule has 0 heterocycles. The van der Waals surface area contributed by atoms with Crippen LogP contribution in [0.1, 0.15) is 104 Å². The van der Waals surface area contributed by atoms with Crippen LogP contribution in [-0.4, -0.2) is 12.1 Å². The molecule has 0 rings (SSSR count). The number of nitriles is 1. The number of hydrogen-bond acceptors (Lipinski definition) is 3. The molecule has 0 bridgehead atoms. The molecule has 0 radical (unpaired) electrons. The van der Waals surface area contributed by atoms with E-state index in [4.69, 9.17) is 10.00 Å². The van der Waals surface area contributed by atoms with Crippen molar-refractivity contribution in [1.29, 1.82) is 5.26 Å². The molecule has 138 valence electrons. The predicted octanol–water partition coefficient (Wildman–Crippen LogP) is 6.48. The summed E-state index contributed by atoms with van der Waals surface area (Å²) in [5.74, 6) is -0.248. The lowest BCUT2D eigenvalue weighted by atomic mass is 10.1. The highest BCUT2D eigenvalue weighted by Crippen LogP contribution is 2.10. The van der Waals surface area contributed by atoms with Crippen molar-refractivity contribution in [3.05, 3.63) is 12.2 Å². The van der Waals surface area contributed by atoms with Gasteiger partial charge >= 0.3 is 5.97 Å². The SMILES string of the molecule is CCCCCCCC/C=C\CCCCCCCC(=O)OC(C)C#N. The normalized spacial score (nSPS) is 12.2. The summed E-state index contributed by atoms with van der Waals surface area (Å²) < 4.78 is 4.91. The summed E-state index contributed by atoms with van der Waals surface area (Å²) in [4.78, 5) is 11.4. The number of unbranched alkanes of at least 4 members (excludes halogenated alkanes) is 11. The van der Waals surface area contributed by atoms with Crippen LogP contribution in [0.15, 0.2) is 12.2 Å². The Morgan fingerprint density at radius 3 is 1.96 bits per heavy atom. The Bertz CT molecular complexity index is 357. The van der Waals surface area contributed by atoms with Crippen molar-refractivity contribution in [3.63, 3.8) is 0 Å². The van der Waals surface area contributed by atoms with Gasteiger partial charge in [0.25, 0.3) is 0 Å². The van der Waals surface area contributed by atoms with Crippen molar-refractivity contribution in [3.8, 4) is 6.07 Å². The van der Waals surface area contributed by atoms with Crippen molar-refractivity contribution < 1.29 is 9.53 Å². The smallest absolute Gasteiger partial charge is 0.307 e. The average Bonchev–Trinajstić information content (AvgIpc) is 2.58. The van der Waals surface area contributed by atoms with Crippen molar-refractivity contribution >= 4 is 5.97 Å². The summed E-state index contributed by atoms with van der Waals surface area (Å²) in [5.41, 5.74) is 0. The molecule has 0 N–H and O–H groups in total. The standard InChI is InChI=1S/C21H37NO2/c1-3-4-5-6-7-8-9-10-11-12-13-14-15-16-17-18-21(23)24-20(2)19-22/h10-11,20H,3-9,12-18H2,1-2H3/b11-10-. The minimum atomic E-state index is -0.624. The zero-order chi connectivity index (χ0) is 17.9. The van der Waals surface area contributed by atoms with E-state index in [0.29, 0.717) is 6.42 Å². The van der Waals surface area contributed by atoms with Gasteiger partial charge in [-0.2, -0.15) is 5.26 Å². The first kappa shape index (κ1) is 22.7. The zero-order valence-electron chi connectivity index (χ0n) is 15.9. The van der Waals surface area contributed by atoms with Gasteiger partial charge in [0, 0.05) is 6.42 Å². The molecule has 0 aromatic heterocycles. The number of rotatable bonds is 16. The van der Waals surface area contributed by atoms with E-state index in [1.807, 2.05) is 6.07 Å². The van der Waals surface area contributed by atoms with Gasteiger partial charge in [-0.1, -0.05) is 70.4 Å². The van der Waals surface area contributed by atoms with E-state index < -0.39 is 6.10 Å². The number of allylic oxidation sites excluding steroid dienone is 2. The maximum absolute atomic E-state index is 11.4. The highest BCUT2D eigenvalue weighted by molar-refractivity contribution is 5.69. The summed E-state index contributed by atoms with van der Waals surface area (Å²) in [5, 5.41) is 8.55. The molecule has 0 aliphatic heterocycles. The first-order chi connectivity index (χ1) is 11.7. The molecule has 0 aliphatic carbocycles. The van der Waals surface area contributed by atoms with Gasteiger partial charge in [0.1, 0.15) is 6.07 Å². The largest absolute Gasteiger partial charge is 0.447 e. The van der Waals surface area contributed by atoms with Crippen LogP contribution in [-0.2, 0) is 9.53 Å². The molecule has 0 fully saturated rings. The molecule has 0 aromatic carbocycles. The molecule has 0 aromatic rings. The number of nitrogens with zero attached hydrogens (tertiary/aromatic N) is 1. The fourth-order valence-electron chi connectivity index (χ4n) is 2.62. The Kier molecular flexibility index (Phi) is 17.1. The van der Waals surface area contributed by atoms with Gasteiger partial charge in [-0.05, 0) is 39.0 Å². The molecule has 1 unspecified atom stereocenters. The van der Waals surface area contributed by atoms with Crippen LogP contribution in [0.4, 0.5) is 0 Å². The van der Waals surface area contributed by atoms with Crippen molar-refractivity contribution in [2.45, 2.75) is 110 Å². The second kappa shape index (κ2) is 18.0. The Morgan fingerprint density at radius 1 is 0.917 bits per heavy atom. The van der Waals surface area contributed by atoms with Crippen LogP contribution >= 0.6 is 0 Å². The summed E-state index contributed by atoms with van der Waals surface area (Å²) in [6.07, 6.45) is 20.7. The highest BCUT2D eigenvalue weighted by Gasteiger charge is 2.07. The maximum Gasteiger partial charge on any atom is 0.307 e. The van der Waals surface area contributed by atoms with Gasteiger partial charge in [0.05, 0.1) is 0 Å². The second-order valence-corrected chi connectivity index (χ2v) is 6.60. The third kappa shape index (κ3) is 17.1. The quantitative estimate of drug-likeness (QED) is 0.184. The molecule has 3 heteroatoms. The molecule has 0 aliphatic rings. The average molecular weight is 336 g/mol. The van der Waals surface area contributed by atoms with Gasteiger partial charge in [-0.25, -0.2) is 0 Å². The maximum atomic E-state index is 11.4. The Hall–Kier alpha value is -1.30. The Balaban J connectivity index is 3.23. The van der Waals surface area contributed by atoms with Crippen molar-refractivity contribution in [2.24, 2.45) is 0 Å². The third-order valence-electron chi connectivity index (χ3n) is 4.13.